The van der Waals surface area contributed by atoms with E-state index in [1.807, 2.05) is 0 Å². The first kappa shape index (κ1) is 14.0. The first-order valence-corrected chi connectivity index (χ1v) is 7.07. The van der Waals surface area contributed by atoms with Crippen molar-refractivity contribution in [3.63, 3.8) is 0 Å². The molecule has 2 nitrogen and oxygen atoms in total. The van der Waals surface area contributed by atoms with E-state index in [9.17, 15) is 0 Å². The first-order chi connectivity index (χ1) is 7.62. The maximum Gasteiger partial charge on any atom is 0.0331 e. The topological polar surface area (TPSA) is 29.3 Å². The number of likely N-dealkylation sites (N-methyl/N-ethyl adjacent to an activating group) is 1. The van der Waals surface area contributed by atoms with Crippen LogP contribution in [0.5, 0.6) is 0 Å². The summed E-state index contributed by atoms with van der Waals surface area (Å²) in [6, 6.07) is 0. The van der Waals surface area contributed by atoms with E-state index in [4.69, 9.17) is 5.73 Å². The van der Waals surface area contributed by atoms with Crippen LogP contribution < -0.4 is 5.73 Å². The van der Waals surface area contributed by atoms with Crippen molar-refractivity contribution in [1.29, 1.82) is 0 Å². The molecule has 96 valence electrons. The van der Waals surface area contributed by atoms with E-state index in [0.29, 0.717) is 0 Å². The third-order valence-corrected chi connectivity index (χ3v) is 4.61. The van der Waals surface area contributed by atoms with Gasteiger partial charge in [-0.05, 0) is 38.1 Å². The lowest BCUT2D eigenvalue weighted by atomic mass is 9.91. The van der Waals surface area contributed by atoms with Gasteiger partial charge in [-0.1, -0.05) is 33.6 Å². The standard InChI is InChI=1S/C14H30N2/c1-5-12(6-2)10-16(7-3)14(4,11-15)13-8-9-13/h12-13H,5-11,15H2,1-4H3. The molecule has 0 aromatic rings. The molecule has 2 heteroatoms. The lowest BCUT2D eigenvalue weighted by Crippen LogP contribution is -2.54. The molecule has 0 saturated heterocycles. The molecule has 0 heterocycles. The van der Waals surface area contributed by atoms with Gasteiger partial charge in [0.2, 0.25) is 0 Å². The summed E-state index contributed by atoms with van der Waals surface area (Å²) in [6.07, 6.45) is 5.34. The second-order valence-corrected chi connectivity index (χ2v) is 5.56. The molecule has 1 unspecified atom stereocenters. The van der Waals surface area contributed by atoms with Gasteiger partial charge in [-0.25, -0.2) is 0 Å². The zero-order valence-electron chi connectivity index (χ0n) is 11.6. The molecule has 0 amide bonds. The van der Waals surface area contributed by atoms with E-state index in [1.165, 1.54) is 32.2 Å². The van der Waals surface area contributed by atoms with Crippen LogP contribution >= 0.6 is 0 Å². The lowest BCUT2D eigenvalue weighted by Gasteiger charge is -2.42. The van der Waals surface area contributed by atoms with Crippen LogP contribution in [-0.2, 0) is 0 Å². The van der Waals surface area contributed by atoms with Gasteiger partial charge in [-0.3, -0.25) is 4.90 Å². The van der Waals surface area contributed by atoms with Crippen molar-refractivity contribution in [2.75, 3.05) is 19.6 Å². The van der Waals surface area contributed by atoms with Crippen LogP contribution in [0.15, 0.2) is 0 Å². The van der Waals surface area contributed by atoms with Gasteiger partial charge >= 0.3 is 0 Å². The van der Waals surface area contributed by atoms with Crippen molar-refractivity contribution in [3.05, 3.63) is 0 Å². The Kier molecular flexibility index (Phi) is 5.26. The minimum atomic E-state index is 0.261. The van der Waals surface area contributed by atoms with Gasteiger partial charge < -0.3 is 5.73 Å². The highest BCUT2D eigenvalue weighted by Crippen LogP contribution is 2.42. The van der Waals surface area contributed by atoms with E-state index in [2.05, 4.69) is 32.6 Å². The summed E-state index contributed by atoms with van der Waals surface area (Å²) in [5, 5.41) is 0. The summed E-state index contributed by atoms with van der Waals surface area (Å²) in [4.78, 5) is 2.64. The quantitative estimate of drug-likeness (QED) is 0.689. The molecule has 0 bridgehead atoms. The molecule has 1 fully saturated rings. The average molecular weight is 226 g/mol. The largest absolute Gasteiger partial charge is 0.329 e. The summed E-state index contributed by atoms with van der Waals surface area (Å²) < 4.78 is 0. The van der Waals surface area contributed by atoms with Gasteiger partial charge in [-0.2, -0.15) is 0 Å². The highest BCUT2D eigenvalue weighted by molar-refractivity contribution is 5.00. The van der Waals surface area contributed by atoms with Crippen molar-refractivity contribution in [3.8, 4) is 0 Å². The van der Waals surface area contributed by atoms with E-state index >= 15 is 0 Å². The van der Waals surface area contributed by atoms with Crippen molar-refractivity contribution in [2.24, 2.45) is 17.6 Å². The number of rotatable bonds is 8. The predicted octanol–water partition coefficient (Wildman–Crippen LogP) is 2.87. The Bertz CT molecular complexity index is 197. The van der Waals surface area contributed by atoms with Crippen molar-refractivity contribution < 1.29 is 0 Å². The molecule has 1 aliphatic carbocycles. The fourth-order valence-corrected chi connectivity index (χ4v) is 2.82. The number of nitrogens with zero attached hydrogens (tertiary/aromatic N) is 1. The highest BCUT2D eigenvalue weighted by atomic mass is 15.2. The van der Waals surface area contributed by atoms with Crippen molar-refractivity contribution in [2.45, 2.75) is 58.9 Å². The number of hydrogen-bond donors (Lipinski definition) is 1. The van der Waals surface area contributed by atoms with E-state index in [0.717, 1.165) is 24.9 Å². The summed E-state index contributed by atoms with van der Waals surface area (Å²) in [7, 11) is 0. The molecule has 16 heavy (non-hydrogen) atoms. The van der Waals surface area contributed by atoms with E-state index < -0.39 is 0 Å². The van der Waals surface area contributed by atoms with Gasteiger partial charge in [0.25, 0.3) is 0 Å². The summed E-state index contributed by atoms with van der Waals surface area (Å²) in [5.74, 6) is 1.69. The Morgan fingerprint density at radius 3 is 2.12 bits per heavy atom. The van der Waals surface area contributed by atoms with Crippen molar-refractivity contribution >= 4 is 0 Å². The maximum atomic E-state index is 6.04. The Morgan fingerprint density at radius 2 is 1.81 bits per heavy atom. The van der Waals surface area contributed by atoms with Crippen LogP contribution in [0.3, 0.4) is 0 Å². The highest BCUT2D eigenvalue weighted by Gasteiger charge is 2.44. The van der Waals surface area contributed by atoms with Crippen LogP contribution in [0.25, 0.3) is 0 Å². The predicted molar refractivity (Wildman–Crippen MR) is 71.5 cm³/mol. The molecule has 2 N–H and O–H groups in total. The van der Waals surface area contributed by atoms with Gasteiger partial charge in [0.15, 0.2) is 0 Å². The Morgan fingerprint density at radius 1 is 1.25 bits per heavy atom. The molecular formula is C14H30N2. The fourth-order valence-electron chi connectivity index (χ4n) is 2.82. The monoisotopic (exact) mass is 226 g/mol. The van der Waals surface area contributed by atoms with Crippen LogP contribution in [0.2, 0.25) is 0 Å². The van der Waals surface area contributed by atoms with E-state index in [1.54, 1.807) is 0 Å². The molecule has 1 saturated carbocycles. The minimum absolute atomic E-state index is 0.261. The molecule has 0 radical (unpaired) electrons. The van der Waals surface area contributed by atoms with Crippen LogP contribution in [0, 0.1) is 11.8 Å². The van der Waals surface area contributed by atoms with Gasteiger partial charge in [0.05, 0.1) is 0 Å². The third-order valence-electron chi connectivity index (χ3n) is 4.61. The zero-order valence-corrected chi connectivity index (χ0v) is 11.6. The second kappa shape index (κ2) is 6.02. The fraction of sp³-hybridized carbons (Fsp3) is 1.00. The Hall–Kier alpha value is -0.0800. The normalized spacial score (nSPS) is 20.4. The Balaban J connectivity index is 2.63. The molecule has 0 spiro atoms. The summed E-state index contributed by atoms with van der Waals surface area (Å²) in [6.45, 7) is 12.4. The van der Waals surface area contributed by atoms with Crippen molar-refractivity contribution in [1.82, 2.24) is 4.90 Å². The molecule has 0 aromatic heterocycles. The second-order valence-electron chi connectivity index (χ2n) is 5.56. The van der Waals surface area contributed by atoms with Crippen LogP contribution in [0.4, 0.5) is 0 Å². The van der Waals surface area contributed by atoms with Gasteiger partial charge in [-0.15, -0.1) is 0 Å². The molecule has 0 aromatic carbocycles. The van der Waals surface area contributed by atoms with Crippen LogP contribution in [0.1, 0.15) is 53.4 Å². The molecule has 1 atom stereocenters. The lowest BCUT2D eigenvalue weighted by molar-refractivity contribution is 0.0750. The van der Waals surface area contributed by atoms with E-state index in [-0.39, 0.29) is 5.54 Å². The van der Waals surface area contributed by atoms with Gasteiger partial charge in [0, 0.05) is 18.6 Å². The SMILES string of the molecule is CCC(CC)CN(CC)C(C)(CN)C1CC1. The van der Waals surface area contributed by atoms with Crippen LogP contribution in [-0.4, -0.2) is 30.1 Å². The minimum Gasteiger partial charge on any atom is -0.329 e. The summed E-state index contributed by atoms with van der Waals surface area (Å²) >= 11 is 0. The molecule has 1 aliphatic rings. The number of nitrogens with two attached hydrogens (primary N) is 1. The Labute approximate surface area is 102 Å². The molecular weight excluding hydrogens is 196 g/mol. The number of hydrogen-bond acceptors (Lipinski definition) is 2. The summed E-state index contributed by atoms with van der Waals surface area (Å²) in [5.41, 5.74) is 6.30. The molecule has 0 aliphatic heterocycles. The molecule has 1 rings (SSSR count). The first-order valence-electron chi connectivity index (χ1n) is 7.07. The average Bonchev–Trinajstić information content (AvgIpc) is 3.14. The third kappa shape index (κ3) is 2.98. The smallest absolute Gasteiger partial charge is 0.0331 e. The zero-order chi connectivity index (χ0) is 12.2. The van der Waals surface area contributed by atoms with Gasteiger partial charge in [0.1, 0.15) is 0 Å². The maximum absolute atomic E-state index is 6.04.